The highest BCUT2D eigenvalue weighted by Crippen LogP contribution is 2.11. The van der Waals surface area contributed by atoms with E-state index in [-0.39, 0.29) is 0 Å². The summed E-state index contributed by atoms with van der Waals surface area (Å²) in [5, 5.41) is 3.64. The van der Waals surface area contributed by atoms with E-state index in [9.17, 15) is 0 Å². The maximum absolute atomic E-state index is 3.64. The van der Waals surface area contributed by atoms with E-state index in [1.165, 1.54) is 23.1 Å². The van der Waals surface area contributed by atoms with Gasteiger partial charge in [-0.3, -0.25) is 0 Å². The topological polar surface area (TPSA) is 12.0 Å². The second-order valence-electron chi connectivity index (χ2n) is 5.14. The van der Waals surface area contributed by atoms with Gasteiger partial charge in [0, 0.05) is 12.6 Å². The first-order valence-corrected chi connectivity index (χ1v) is 6.33. The predicted molar refractivity (Wildman–Crippen MR) is 71.7 cm³/mol. The van der Waals surface area contributed by atoms with Gasteiger partial charge in [-0.05, 0) is 31.7 Å². The first kappa shape index (κ1) is 13.2. The van der Waals surface area contributed by atoms with Crippen LogP contribution in [0.15, 0.2) is 18.2 Å². The zero-order valence-electron chi connectivity index (χ0n) is 11.3. The predicted octanol–water partition coefficient (Wildman–Crippen LogP) is 3.83. The quantitative estimate of drug-likeness (QED) is 0.793. The molecule has 1 aromatic carbocycles. The number of benzene rings is 1. The van der Waals surface area contributed by atoms with Crippen LogP contribution in [0.3, 0.4) is 0 Å². The van der Waals surface area contributed by atoms with Crippen molar-refractivity contribution in [2.75, 3.05) is 0 Å². The molecule has 1 heteroatoms. The smallest absolute Gasteiger partial charge is 0.0208 e. The number of aryl methyl sites for hydroxylation is 2. The summed E-state index contributed by atoms with van der Waals surface area (Å²) in [6.45, 7) is 12.1. The largest absolute Gasteiger partial charge is 0.310 e. The lowest BCUT2D eigenvalue weighted by molar-refractivity contribution is 0.387. The minimum Gasteiger partial charge on any atom is -0.310 e. The van der Waals surface area contributed by atoms with E-state index in [0.29, 0.717) is 12.0 Å². The fraction of sp³-hybridized carbons (Fsp3) is 0.600. The number of nitrogens with one attached hydrogen (secondary N) is 1. The Balaban J connectivity index is 2.60. The normalized spacial score (nSPS) is 13.1. The van der Waals surface area contributed by atoms with Crippen molar-refractivity contribution < 1.29 is 0 Å². The van der Waals surface area contributed by atoms with Crippen LogP contribution in [-0.4, -0.2) is 6.04 Å². The molecule has 1 rings (SSSR count). The fourth-order valence-electron chi connectivity index (χ4n) is 2.27. The summed E-state index contributed by atoms with van der Waals surface area (Å²) in [4.78, 5) is 0. The van der Waals surface area contributed by atoms with Crippen LogP contribution in [0.5, 0.6) is 0 Å². The molecule has 1 atom stereocenters. The molecule has 0 heterocycles. The highest BCUT2D eigenvalue weighted by molar-refractivity contribution is 5.28. The van der Waals surface area contributed by atoms with E-state index in [1.54, 1.807) is 0 Å². The van der Waals surface area contributed by atoms with Gasteiger partial charge in [-0.15, -0.1) is 0 Å². The van der Waals surface area contributed by atoms with E-state index >= 15 is 0 Å². The second-order valence-corrected chi connectivity index (χ2v) is 5.14. The van der Waals surface area contributed by atoms with Gasteiger partial charge in [-0.25, -0.2) is 0 Å². The summed E-state index contributed by atoms with van der Waals surface area (Å²) in [6, 6.07) is 7.39. The molecular weight excluding hydrogens is 194 g/mol. The maximum atomic E-state index is 3.64. The van der Waals surface area contributed by atoms with Crippen LogP contribution in [0.25, 0.3) is 0 Å². The van der Waals surface area contributed by atoms with Gasteiger partial charge in [0.1, 0.15) is 0 Å². The Kier molecular flexibility index (Phi) is 5.01. The van der Waals surface area contributed by atoms with Crippen molar-refractivity contribution in [3.8, 4) is 0 Å². The number of hydrogen-bond donors (Lipinski definition) is 1. The molecule has 0 spiro atoms. The number of rotatable bonds is 5. The van der Waals surface area contributed by atoms with Gasteiger partial charge in [0.05, 0.1) is 0 Å². The van der Waals surface area contributed by atoms with Gasteiger partial charge in [0.15, 0.2) is 0 Å². The zero-order chi connectivity index (χ0) is 12.1. The van der Waals surface area contributed by atoms with Crippen molar-refractivity contribution in [1.29, 1.82) is 0 Å². The van der Waals surface area contributed by atoms with Crippen molar-refractivity contribution in [3.05, 3.63) is 34.9 Å². The molecule has 0 fully saturated rings. The summed E-state index contributed by atoms with van der Waals surface area (Å²) in [6.07, 6.45) is 1.20. The Morgan fingerprint density at radius 3 is 2.06 bits per heavy atom. The van der Waals surface area contributed by atoms with Crippen LogP contribution in [0.2, 0.25) is 0 Å². The average molecular weight is 219 g/mol. The second kappa shape index (κ2) is 6.05. The molecule has 90 valence electrons. The molecule has 1 N–H and O–H groups in total. The first-order chi connectivity index (χ1) is 7.52. The lowest BCUT2D eigenvalue weighted by atomic mass is 10.0. The third-order valence-electron chi connectivity index (χ3n) is 3.09. The van der Waals surface area contributed by atoms with Crippen LogP contribution in [0.1, 0.15) is 43.9 Å². The summed E-state index contributed by atoms with van der Waals surface area (Å²) in [5.41, 5.74) is 4.11. The Bertz CT molecular complexity index is 308. The Morgan fingerprint density at radius 2 is 1.62 bits per heavy atom. The minimum atomic E-state index is 0.626. The van der Waals surface area contributed by atoms with E-state index in [0.717, 1.165) is 6.54 Å². The van der Waals surface area contributed by atoms with E-state index in [2.05, 4.69) is 58.1 Å². The van der Waals surface area contributed by atoms with Gasteiger partial charge in [0.2, 0.25) is 0 Å². The molecule has 1 nitrogen and oxygen atoms in total. The van der Waals surface area contributed by atoms with Gasteiger partial charge in [-0.1, -0.05) is 50.1 Å². The zero-order valence-corrected chi connectivity index (χ0v) is 11.3. The summed E-state index contributed by atoms with van der Waals surface area (Å²) in [7, 11) is 0. The summed E-state index contributed by atoms with van der Waals surface area (Å²) < 4.78 is 0. The fourth-order valence-corrected chi connectivity index (χ4v) is 2.27. The van der Waals surface area contributed by atoms with Crippen LogP contribution >= 0.6 is 0 Å². The summed E-state index contributed by atoms with van der Waals surface area (Å²) >= 11 is 0. The van der Waals surface area contributed by atoms with E-state index in [1.807, 2.05) is 0 Å². The molecule has 1 aromatic rings. The molecule has 0 aliphatic heterocycles. The van der Waals surface area contributed by atoms with Gasteiger partial charge in [0.25, 0.3) is 0 Å². The third-order valence-corrected chi connectivity index (χ3v) is 3.09. The Labute approximate surface area is 100 Å². The van der Waals surface area contributed by atoms with Crippen LogP contribution in [-0.2, 0) is 6.54 Å². The third kappa shape index (κ3) is 3.97. The average Bonchev–Trinajstić information content (AvgIpc) is 2.16. The van der Waals surface area contributed by atoms with Gasteiger partial charge < -0.3 is 5.32 Å². The highest BCUT2D eigenvalue weighted by atomic mass is 14.9. The molecule has 16 heavy (non-hydrogen) atoms. The molecule has 0 saturated carbocycles. The Hall–Kier alpha value is -0.820. The first-order valence-electron chi connectivity index (χ1n) is 6.33. The van der Waals surface area contributed by atoms with E-state index < -0.39 is 0 Å². The van der Waals surface area contributed by atoms with Crippen LogP contribution in [0, 0.1) is 19.8 Å². The summed E-state index contributed by atoms with van der Waals surface area (Å²) in [5.74, 6) is 0.705. The standard InChI is InChI=1S/C15H25N/c1-6-15(11(2)3)16-10-14-8-12(4)7-13(5)9-14/h7-9,11,15-16H,6,10H2,1-5H3. The molecule has 0 aliphatic carbocycles. The lowest BCUT2D eigenvalue weighted by Crippen LogP contribution is -2.32. The molecule has 1 unspecified atom stereocenters. The maximum Gasteiger partial charge on any atom is 0.0208 e. The highest BCUT2D eigenvalue weighted by Gasteiger charge is 2.09. The SMILES string of the molecule is CCC(NCc1cc(C)cc(C)c1)C(C)C. The van der Waals surface area contributed by atoms with Gasteiger partial charge in [-0.2, -0.15) is 0 Å². The van der Waals surface area contributed by atoms with E-state index in [4.69, 9.17) is 0 Å². The minimum absolute atomic E-state index is 0.626. The van der Waals surface area contributed by atoms with Crippen molar-refractivity contribution in [2.45, 2.75) is 53.6 Å². The molecule has 0 aromatic heterocycles. The Morgan fingerprint density at radius 1 is 1.06 bits per heavy atom. The van der Waals surface area contributed by atoms with Crippen molar-refractivity contribution in [3.63, 3.8) is 0 Å². The van der Waals surface area contributed by atoms with Crippen molar-refractivity contribution >= 4 is 0 Å². The lowest BCUT2D eigenvalue weighted by Gasteiger charge is -2.21. The molecule has 0 amide bonds. The molecule has 0 bridgehead atoms. The van der Waals surface area contributed by atoms with Crippen molar-refractivity contribution in [1.82, 2.24) is 5.32 Å². The van der Waals surface area contributed by atoms with Crippen LogP contribution in [0.4, 0.5) is 0 Å². The van der Waals surface area contributed by atoms with Crippen molar-refractivity contribution in [2.24, 2.45) is 5.92 Å². The number of hydrogen-bond acceptors (Lipinski definition) is 1. The van der Waals surface area contributed by atoms with Crippen LogP contribution < -0.4 is 5.32 Å². The molecule has 0 aliphatic rings. The molecule has 0 saturated heterocycles. The molecule has 0 radical (unpaired) electrons. The monoisotopic (exact) mass is 219 g/mol. The molecular formula is C15H25N. The van der Waals surface area contributed by atoms with Gasteiger partial charge >= 0.3 is 0 Å².